The molecule has 1 aromatic carbocycles. The van der Waals surface area contributed by atoms with E-state index in [1.54, 1.807) is 34.7 Å². The van der Waals surface area contributed by atoms with E-state index in [9.17, 15) is 4.79 Å². The lowest BCUT2D eigenvalue weighted by molar-refractivity contribution is -0.121. The van der Waals surface area contributed by atoms with Crippen molar-refractivity contribution in [3.63, 3.8) is 0 Å². The van der Waals surface area contributed by atoms with E-state index in [0.717, 1.165) is 10.6 Å². The molecule has 0 spiro atoms. The molecule has 1 aromatic heterocycles. The lowest BCUT2D eigenvalue weighted by Crippen LogP contribution is -2.33. The van der Waals surface area contributed by atoms with Gasteiger partial charge in [-0.25, -0.2) is 9.67 Å². The predicted octanol–water partition coefficient (Wildman–Crippen LogP) is 2.22. The van der Waals surface area contributed by atoms with Crippen LogP contribution in [0.25, 0.3) is 0 Å². The first-order chi connectivity index (χ1) is 9.15. The van der Waals surface area contributed by atoms with Crippen LogP contribution in [0.5, 0.6) is 0 Å². The van der Waals surface area contributed by atoms with Gasteiger partial charge in [-0.3, -0.25) is 4.79 Å². The van der Waals surface area contributed by atoms with Crippen molar-refractivity contribution in [2.45, 2.75) is 17.9 Å². The molecular weight excluding hydrogens is 260 g/mol. The van der Waals surface area contributed by atoms with E-state index in [1.807, 2.05) is 37.4 Å². The molecule has 0 aliphatic rings. The van der Waals surface area contributed by atoms with Gasteiger partial charge in [0.25, 0.3) is 5.91 Å². The Morgan fingerprint density at radius 2 is 2.16 bits per heavy atom. The van der Waals surface area contributed by atoms with E-state index in [1.165, 1.54) is 6.33 Å². The lowest BCUT2D eigenvalue weighted by atomic mass is 10.2. The number of likely N-dealkylation sites (N-methyl/N-ethyl adjacent to an activating group) is 1. The molecule has 100 valence electrons. The Labute approximate surface area is 116 Å². The fraction of sp³-hybridized carbons (Fsp3) is 0.308. The molecule has 1 atom stereocenters. The Balaban J connectivity index is 2.24. The summed E-state index contributed by atoms with van der Waals surface area (Å²) in [5.74, 6) is -0.0213. The van der Waals surface area contributed by atoms with E-state index in [2.05, 4.69) is 10.1 Å². The Morgan fingerprint density at radius 3 is 2.79 bits per heavy atom. The van der Waals surface area contributed by atoms with Crippen LogP contribution in [0.4, 0.5) is 5.69 Å². The largest absolute Gasteiger partial charge is 0.313 e. The molecule has 0 unspecified atom stereocenters. The molecule has 0 saturated heterocycles. The van der Waals surface area contributed by atoms with E-state index >= 15 is 0 Å². The van der Waals surface area contributed by atoms with Crippen LogP contribution in [0.2, 0.25) is 0 Å². The zero-order valence-electron chi connectivity index (χ0n) is 11.1. The summed E-state index contributed by atoms with van der Waals surface area (Å²) in [4.78, 5) is 19.0. The van der Waals surface area contributed by atoms with E-state index < -0.39 is 0 Å². The molecule has 5 nitrogen and oxygen atoms in total. The van der Waals surface area contributed by atoms with Crippen molar-refractivity contribution in [2.24, 2.45) is 0 Å². The number of para-hydroxylation sites is 1. The number of rotatable bonds is 4. The zero-order chi connectivity index (χ0) is 13.8. The van der Waals surface area contributed by atoms with E-state index in [-0.39, 0.29) is 11.9 Å². The number of thioether (sulfide) groups is 1. The first-order valence-electron chi connectivity index (χ1n) is 5.90. The highest BCUT2D eigenvalue weighted by Crippen LogP contribution is 2.28. The quantitative estimate of drug-likeness (QED) is 0.804. The Morgan fingerprint density at radius 1 is 1.42 bits per heavy atom. The maximum Gasteiger partial charge on any atom is 0.251 e. The number of carbonyl (C=O) groups excluding carboxylic acids is 1. The third-order valence-corrected chi connectivity index (χ3v) is 3.75. The number of amides is 1. The average Bonchev–Trinajstić information content (AvgIpc) is 2.99. The van der Waals surface area contributed by atoms with E-state index in [4.69, 9.17) is 0 Å². The predicted molar refractivity (Wildman–Crippen MR) is 76.4 cm³/mol. The van der Waals surface area contributed by atoms with Gasteiger partial charge in [0, 0.05) is 11.9 Å². The minimum atomic E-state index is -0.373. The van der Waals surface area contributed by atoms with Crippen molar-refractivity contribution in [3.8, 4) is 0 Å². The molecule has 0 fully saturated rings. The van der Waals surface area contributed by atoms with Crippen LogP contribution in [0, 0.1) is 0 Å². The maximum atomic E-state index is 12.4. The smallest absolute Gasteiger partial charge is 0.251 e. The SMILES string of the molecule is CSc1ccccc1N(C)C(=O)[C@@H](C)n1cncn1. The van der Waals surface area contributed by atoms with Crippen molar-refractivity contribution in [3.05, 3.63) is 36.9 Å². The zero-order valence-corrected chi connectivity index (χ0v) is 12.0. The van der Waals surface area contributed by atoms with Gasteiger partial charge >= 0.3 is 0 Å². The van der Waals surface area contributed by atoms with Crippen LogP contribution >= 0.6 is 11.8 Å². The molecule has 19 heavy (non-hydrogen) atoms. The van der Waals surface area contributed by atoms with Gasteiger partial charge in [-0.2, -0.15) is 5.10 Å². The van der Waals surface area contributed by atoms with Crippen LogP contribution in [-0.4, -0.2) is 34.0 Å². The molecule has 0 N–H and O–H groups in total. The Kier molecular flexibility index (Phi) is 4.21. The summed E-state index contributed by atoms with van der Waals surface area (Å²) in [7, 11) is 1.78. The van der Waals surface area contributed by atoms with Crippen molar-refractivity contribution < 1.29 is 4.79 Å². The van der Waals surface area contributed by atoms with Gasteiger partial charge < -0.3 is 4.90 Å². The summed E-state index contributed by atoms with van der Waals surface area (Å²) in [5.41, 5.74) is 0.909. The fourth-order valence-corrected chi connectivity index (χ4v) is 2.47. The molecule has 0 aliphatic heterocycles. The van der Waals surface area contributed by atoms with Crippen LogP contribution in [0.15, 0.2) is 41.8 Å². The Hall–Kier alpha value is -1.82. The van der Waals surface area contributed by atoms with Crippen molar-refractivity contribution in [1.82, 2.24) is 14.8 Å². The second-order valence-corrected chi connectivity index (χ2v) is 4.97. The maximum absolute atomic E-state index is 12.4. The van der Waals surface area contributed by atoms with Crippen molar-refractivity contribution in [2.75, 3.05) is 18.2 Å². The fourth-order valence-electron chi connectivity index (χ4n) is 1.84. The van der Waals surface area contributed by atoms with Gasteiger partial charge in [0.15, 0.2) is 0 Å². The summed E-state index contributed by atoms with van der Waals surface area (Å²) in [6, 6.07) is 7.47. The average molecular weight is 276 g/mol. The number of nitrogens with zero attached hydrogens (tertiary/aromatic N) is 4. The van der Waals surface area contributed by atoms with Gasteiger partial charge in [0.05, 0.1) is 5.69 Å². The van der Waals surface area contributed by atoms with Crippen LogP contribution < -0.4 is 4.90 Å². The minimum absolute atomic E-state index is 0.0213. The van der Waals surface area contributed by atoms with Gasteiger partial charge in [-0.05, 0) is 25.3 Å². The third-order valence-electron chi connectivity index (χ3n) is 2.97. The molecular formula is C13H16N4OS. The topological polar surface area (TPSA) is 51.0 Å². The van der Waals surface area contributed by atoms with Crippen molar-refractivity contribution >= 4 is 23.4 Å². The molecule has 0 saturated carbocycles. The summed E-state index contributed by atoms with van der Waals surface area (Å²) in [6.07, 6.45) is 4.98. The van der Waals surface area contributed by atoms with Gasteiger partial charge in [-0.1, -0.05) is 12.1 Å². The van der Waals surface area contributed by atoms with Crippen LogP contribution in [0.3, 0.4) is 0 Å². The number of carbonyl (C=O) groups is 1. The number of hydrogen-bond donors (Lipinski definition) is 0. The first-order valence-corrected chi connectivity index (χ1v) is 7.12. The summed E-state index contributed by atoms with van der Waals surface area (Å²) in [6.45, 7) is 1.81. The summed E-state index contributed by atoms with van der Waals surface area (Å²) >= 11 is 1.62. The second-order valence-electron chi connectivity index (χ2n) is 4.12. The van der Waals surface area contributed by atoms with Gasteiger partial charge in [0.1, 0.15) is 18.7 Å². The monoisotopic (exact) mass is 276 g/mol. The van der Waals surface area contributed by atoms with Crippen molar-refractivity contribution in [1.29, 1.82) is 0 Å². The van der Waals surface area contributed by atoms with Gasteiger partial charge in [0.2, 0.25) is 0 Å². The number of hydrogen-bond acceptors (Lipinski definition) is 4. The normalized spacial score (nSPS) is 12.2. The standard InChI is InChI=1S/C13H16N4OS/c1-10(17-9-14-8-15-17)13(18)16(2)11-6-4-5-7-12(11)19-3/h4-10H,1-3H3/t10-/m1/s1. The van der Waals surface area contributed by atoms with Gasteiger partial charge in [-0.15, -0.1) is 11.8 Å². The molecule has 6 heteroatoms. The molecule has 0 aliphatic carbocycles. The molecule has 2 aromatic rings. The van der Waals surface area contributed by atoms with E-state index in [0.29, 0.717) is 0 Å². The highest BCUT2D eigenvalue weighted by molar-refractivity contribution is 7.98. The Bertz CT molecular complexity index is 556. The second kappa shape index (κ2) is 5.88. The first kappa shape index (κ1) is 13.6. The summed E-state index contributed by atoms with van der Waals surface area (Å²) in [5, 5.41) is 4.01. The number of benzene rings is 1. The van der Waals surface area contributed by atoms with Crippen LogP contribution in [-0.2, 0) is 4.79 Å². The summed E-state index contributed by atoms with van der Waals surface area (Å²) < 4.78 is 1.56. The highest BCUT2D eigenvalue weighted by atomic mass is 32.2. The lowest BCUT2D eigenvalue weighted by Gasteiger charge is -2.23. The molecule has 0 radical (unpaired) electrons. The number of anilines is 1. The molecule has 2 rings (SSSR count). The van der Waals surface area contributed by atoms with Crippen LogP contribution in [0.1, 0.15) is 13.0 Å². The number of aromatic nitrogens is 3. The molecule has 0 bridgehead atoms. The molecule has 1 amide bonds. The molecule has 1 heterocycles. The highest BCUT2D eigenvalue weighted by Gasteiger charge is 2.22. The minimum Gasteiger partial charge on any atom is -0.313 e. The third kappa shape index (κ3) is 2.78.